The van der Waals surface area contributed by atoms with Crippen molar-refractivity contribution in [3.8, 4) is 0 Å². The molecule has 0 aromatic rings. The largest absolute Gasteiger partial charge is 0.360 e. The van der Waals surface area contributed by atoms with Crippen molar-refractivity contribution in [3.05, 3.63) is 11.2 Å². The van der Waals surface area contributed by atoms with Gasteiger partial charge in [0.1, 0.15) is 5.50 Å². The molecule has 1 aliphatic rings. The van der Waals surface area contributed by atoms with Crippen LogP contribution in [0.15, 0.2) is 11.2 Å². The topological polar surface area (TPSA) is 41.1 Å². The van der Waals surface area contributed by atoms with Gasteiger partial charge in [0.2, 0.25) is 5.91 Å². The highest BCUT2D eigenvalue weighted by Gasteiger charge is 2.23. The van der Waals surface area contributed by atoms with E-state index in [0.717, 1.165) is 0 Å². The summed E-state index contributed by atoms with van der Waals surface area (Å²) in [6.07, 6.45) is 2.23. The number of carbonyl (C=O) groups excluding carboxylic acids is 1. The van der Waals surface area contributed by atoms with Gasteiger partial charge in [0.05, 0.1) is 11.1 Å². The van der Waals surface area contributed by atoms with Crippen LogP contribution in [0.1, 0.15) is 6.42 Å². The number of nitrogens with one attached hydrogen (secondary N) is 2. The molecule has 0 aromatic heterocycles. The highest BCUT2D eigenvalue weighted by molar-refractivity contribution is 6.30. The van der Waals surface area contributed by atoms with Crippen LogP contribution in [0.25, 0.3) is 0 Å². The van der Waals surface area contributed by atoms with Crippen molar-refractivity contribution in [2.75, 3.05) is 7.05 Å². The molecule has 0 aliphatic carbocycles. The molecule has 12 heavy (non-hydrogen) atoms. The average molecular weight is 209 g/mol. The zero-order valence-corrected chi connectivity index (χ0v) is 8.12. The number of halogens is 2. The number of rotatable bonds is 1. The van der Waals surface area contributed by atoms with E-state index in [2.05, 4.69) is 10.6 Å². The molecule has 1 aliphatic heterocycles. The van der Waals surface area contributed by atoms with E-state index in [9.17, 15) is 4.79 Å². The fourth-order valence-corrected chi connectivity index (χ4v) is 1.74. The van der Waals surface area contributed by atoms with E-state index in [-0.39, 0.29) is 17.3 Å². The van der Waals surface area contributed by atoms with Gasteiger partial charge < -0.3 is 10.6 Å². The first-order valence-electron chi connectivity index (χ1n) is 3.63. The molecule has 2 atom stereocenters. The average Bonchev–Trinajstić information content (AvgIpc) is 2.01. The highest BCUT2D eigenvalue weighted by atomic mass is 35.5. The molecule has 1 heterocycles. The van der Waals surface area contributed by atoms with Crippen molar-refractivity contribution in [2.45, 2.75) is 11.9 Å². The first kappa shape index (κ1) is 9.68. The normalized spacial score (nSPS) is 28.8. The van der Waals surface area contributed by atoms with Gasteiger partial charge >= 0.3 is 0 Å². The Bertz CT molecular complexity index is 217. The van der Waals surface area contributed by atoms with E-state index in [1.165, 1.54) is 0 Å². The van der Waals surface area contributed by atoms with E-state index >= 15 is 0 Å². The van der Waals surface area contributed by atoms with Crippen molar-refractivity contribution < 1.29 is 4.79 Å². The van der Waals surface area contributed by atoms with Crippen LogP contribution in [0.4, 0.5) is 0 Å². The summed E-state index contributed by atoms with van der Waals surface area (Å²) < 4.78 is 0. The molecule has 3 nitrogen and oxygen atoms in total. The van der Waals surface area contributed by atoms with Crippen LogP contribution in [0.3, 0.4) is 0 Å². The molecule has 5 heteroatoms. The minimum Gasteiger partial charge on any atom is -0.360 e. The van der Waals surface area contributed by atoms with Gasteiger partial charge in [-0.3, -0.25) is 4.79 Å². The van der Waals surface area contributed by atoms with Crippen LogP contribution < -0.4 is 10.6 Å². The summed E-state index contributed by atoms with van der Waals surface area (Å²) in [5, 5.41) is 5.79. The maximum absolute atomic E-state index is 11.2. The van der Waals surface area contributed by atoms with Gasteiger partial charge in [0, 0.05) is 7.05 Å². The Hall–Kier alpha value is -0.410. The Labute approximate surface area is 81.1 Å². The van der Waals surface area contributed by atoms with Crippen LogP contribution in [0.5, 0.6) is 0 Å². The molecule has 0 saturated heterocycles. The lowest BCUT2D eigenvalue weighted by Gasteiger charge is -2.22. The quantitative estimate of drug-likeness (QED) is 0.499. The Morgan fingerprint density at radius 1 is 1.83 bits per heavy atom. The summed E-state index contributed by atoms with van der Waals surface area (Å²) in [5.41, 5.74) is -0.259. The predicted molar refractivity (Wildman–Crippen MR) is 48.9 cm³/mol. The Kier molecular flexibility index (Phi) is 3.23. The van der Waals surface area contributed by atoms with E-state index in [1.807, 2.05) is 0 Å². The van der Waals surface area contributed by atoms with Crippen molar-refractivity contribution in [3.63, 3.8) is 0 Å². The zero-order valence-electron chi connectivity index (χ0n) is 6.60. The molecule has 0 radical (unpaired) electrons. The lowest BCUT2D eigenvalue weighted by atomic mass is 10.0. The second-order valence-electron chi connectivity index (χ2n) is 2.58. The number of hydrogen-bond donors (Lipinski definition) is 2. The fraction of sp³-hybridized carbons (Fsp3) is 0.571. The van der Waals surface area contributed by atoms with Crippen LogP contribution in [-0.2, 0) is 4.79 Å². The van der Waals surface area contributed by atoms with Crippen LogP contribution in [0, 0.1) is 5.92 Å². The minimum absolute atomic E-state index is 0.0553. The van der Waals surface area contributed by atoms with E-state index in [1.54, 1.807) is 13.1 Å². The Morgan fingerprint density at radius 3 is 3.00 bits per heavy atom. The standard InChI is InChI=1S/C7H10Cl2N2O/c1-10-7(12)4-2-5(8)11-6(9)3-4/h2,4,6,11H,3H2,1H3,(H,10,12)/t4-,6?/m1/s1. The molecule has 0 fully saturated rings. The van der Waals surface area contributed by atoms with Gasteiger partial charge in [-0.25, -0.2) is 0 Å². The van der Waals surface area contributed by atoms with Crippen LogP contribution in [-0.4, -0.2) is 18.5 Å². The summed E-state index contributed by atoms with van der Waals surface area (Å²) in [7, 11) is 1.59. The SMILES string of the molecule is CNC(=O)[C@@H]1C=C(Cl)NC(Cl)C1. The number of alkyl halides is 1. The third-order valence-electron chi connectivity index (χ3n) is 1.69. The van der Waals surface area contributed by atoms with Crippen molar-refractivity contribution in [1.29, 1.82) is 0 Å². The molecule has 0 saturated carbocycles. The molecule has 1 unspecified atom stereocenters. The minimum atomic E-state index is -0.259. The van der Waals surface area contributed by atoms with Crippen molar-refractivity contribution in [1.82, 2.24) is 10.6 Å². The van der Waals surface area contributed by atoms with Gasteiger partial charge in [0.15, 0.2) is 0 Å². The second kappa shape index (κ2) is 4.01. The van der Waals surface area contributed by atoms with Crippen molar-refractivity contribution in [2.24, 2.45) is 5.92 Å². The van der Waals surface area contributed by atoms with Crippen molar-refractivity contribution >= 4 is 29.1 Å². The molecule has 68 valence electrons. The summed E-state index contributed by atoms with van der Waals surface area (Å²) in [6, 6.07) is 0. The third kappa shape index (κ3) is 2.29. The van der Waals surface area contributed by atoms with Gasteiger partial charge in [-0.1, -0.05) is 23.2 Å². The highest BCUT2D eigenvalue weighted by Crippen LogP contribution is 2.20. The van der Waals surface area contributed by atoms with E-state index < -0.39 is 0 Å². The summed E-state index contributed by atoms with van der Waals surface area (Å²) >= 11 is 11.5. The molecule has 1 rings (SSSR count). The van der Waals surface area contributed by atoms with Crippen LogP contribution in [0.2, 0.25) is 0 Å². The lowest BCUT2D eigenvalue weighted by molar-refractivity contribution is -0.123. The lowest BCUT2D eigenvalue weighted by Crippen LogP contribution is -2.35. The Morgan fingerprint density at radius 2 is 2.50 bits per heavy atom. The molecule has 0 spiro atoms. The molecule has 0 aromatic carbocycles. The summed E-state index contributed by atoms with van der Waals surface area (Å²) in [6.45, 7) is 0. The molecular weight excluding hydrogens is 199 g/mol. The first-order valence-corrected chi connectivity index (χ1v) is 4.44. The Balaban J connectivity index is 2.66. The predicted octanol–water partition coefficient (Wildman–Crippen LogP) is 0.987. The molecule has 1 amide bonds. The monoisotopic (exact) mass is 208 g/mol. The van der Waals surface area contributed by atoms with E-state index in [4.69, 9.17) is 23.2 Å². The fourth-order valence-electron chi connectivity index (χ4n) is 1.09. The third-order valence-corrected chi connectivity index (χ3v) is 2.21. The molecule has 0 bridgehead atoms. The number of amides is 1. The van der Waals surface area contributed by atoms with Crippen LogP contribution >= 0.6 is 23.2 Å². The number of carbonyl (C=O) groups is 1. The molecule has 2 N–H and O–H groups in total. The number of hydrogen-bond acceptors (Lipinski definition) is 2. The van der Waals surface area contributed by atoms with Gasteiger partial charge in [0.25, 0.3) is 0 Å². The van der Waals surface area contributed by atoms with Gasteiger partial charge in [-0.05, 0) is 12.5 Å². The summed E-state index contributed by atoms with van der Waals surface area (Å²) in [5.74, 6) is -0.272. The summed E-state index contributed by atoms with van der Waals surface area (Å²) in [4.78, 5) is 11.2. The first-order chi connectivity index (χ1) is 5.63. The maximum Gasteiger partial charge on any atom is 0.226 e. The molecular formula is C7H10Cl2N2O. The van der Waals surface area contributed by atoms with Gasteiger partial charge in [-0.2, -0.15) is 0 Å². The smallest absolute Gasteiger partial charge is 0.226 e. The zero-order chi connectivity index (χ0) is 9.14. The second-order valence-corrected chi connectivity index (χ2v) is 3.52. The van der Waals surface area contributed by atoms with Gasteiger partial charge in [-0.15, -0.1) is 0 Å². The maximum atomic E-state index is 11.2. The van der Waals surface area contributed by atoms with E-state index in [0.29, 0.717) is 11.6 Å².